The summed E-state index contributed by atoms with van der Waals surface area (Å²) in [5, 5.41) is 0. The van der Waals surface area contributed by atoms with Crippen LogP contribution in [0, 0.1) is 5.82 Å². The molecule has 0 saturated heterocycles. The van der Waals surface area contributed by atoms with Crippen molar-refractivity contribution >= 4 is 11.8 Å². The van der Waals surface area contributed by atoms with Gasteiger partial charge < -0.3 is 4.74 Å². The van der Waals surface area contributed by atoms with Crippen molar-refractivity contribution in [1.82, 2.24) is 5.43 Å². The number of methoxy groups -OCH3 is 1. The summed E-state index contributed by atoms with van der Waals surface area (Å²) in [5.41, 5.74) is 3.95. The van der Waals surface area contributed by atoms with Gasteiger partial charge in [0, 0.05) is 16.7 Å². The number of benzene rings is 2. The zero-order chi connectivity index (χ0) is 15.1. The van der Waals surface area contributed by atoms with Crippen molar-refractivity contribution in [2.24, 2.45) is 5.84 Å². The van der Waals surface area contributed by atoms with Crippen LogP contribution in [0.15, 0.2) is 53.4 Å². The summed E-state index contributed by atoms with van der Waals surface area (Å²) >= 11 is 1.64. The third kappa shape index (κ3) is 4.74. The largest absolute Gasteiger partial charge is 0.496 e. The molecule has 0 saturated carbocycles. The lowest BCUT2D eigenvalue weighted by atomic mass is 10.1. The lowest BCUT2D eigenvalue weighted by Crippen LogP contribution is -2.38. The van der Waals surface area contributed by atoms with E-state index < -0.39 is 0 Å². The minimum Gasteiger partial charge on any atom is -0.496 e. The average molecular weight is 306 g/mol. The maximum absolute atomic E-state index is 12.9. The Morgan fingerprint density at radius 1 is 1.19 bits per heavy atom. The number of para-hydroxylation sites is 1. The molecular formula is C16H19FN2OS. The molecule has 2 aromatic carbocycles. The number of rotatable bonds is 7. The first-order valence-corrected chi connectivity index (χ1v) is 7.68. The van der Waals surface area contributed by atoms with Gasteiger partial charge in [-0.1, -0.05) is 18.2 Å². The summed E-state index contributed by atoms with van der Waals surface area (Å²) in [7, 11) is 1.66. The van der Waals surface area contributed by atoms with E-state index in [9.17, 15) is 4.39 Å². The topological polar surface area (TPSA) is 47.3 Å². The van der Waals surface area contributed by atoms with Gasteiger partial charge in [-0.2, -0.15) is 0 Å². The van der Waals surface area contributed by atoms with Gasteiger partial charge in [0.05, 0.1) is 7.11 Å². The highest BCUT2D eigenvalue weighted by atomic mass is 32.2. The molecule has 0 aliphatic heterocycles. The fraction of sp³-hybridized carbons (Fsp3) is 0.250. The minimum atomic E-state index is -0.220. The highest BCUT2D eigenvalue weighted by molar-refractivity contribution is 7.99. The summed E-state index contributed by atoms with van der Waals surface area (Å²) in [4.78, 5) is 1.02. The Kier molecular flexibility index (Phi) is 6.04. The van der Waals surface area contributed by atoms with E-state index in [2.05, 4.69) is 5.43 Å². The fourth-order valence-corrected chi connectivity index (χ4v) is 2.97. The summed E-state index contributed by atoms with van der Waals surface area (Å²) in [6.07, 6.45) is 0.773. The van der Waals surface area contributed by atoms with Gasteiger partial charge in [0.2, 0.25) is 0 Å². The summed E-state index contributed by atoms with van der Waals surface area (Å²) in [5.74, 6) is 7.07. The van der Waals surface area contributed by atoms with E-state index >= 15 is 0 Å². The lowest BCUT2D eigenvalue weighted by Gasteiger charge is -2.17. The molecule has 1 unspecified atom stereocenters. The van der Waals surface area contributed by atoms with Gasteiger partial charge in [0.25, 0.3) is 0 Å². The number of nitrogens with two attached hydrogens (primary N) is 1. The Balaban J connectivity index is 1.95. The number of hydrazine groups is 1. The maximum Gasteiger partial charge on any atom is 0.123 e. The molecule has 0 fully saturated rings. The monoisotopic (exact) mass is 306 g/mol. The second-order valence-electron chi connectivity index (χ2n) is 4.64. The second kappa shape index (κ2) is 8.02. The predicted octanol–water partition coefficient (Wildman–Crippen LogP) is 3.00. The van der Waals surface area contributed by atoms with Crippen LogP contribution in [0.1, 0.15) is 5.56 Å². The molecule has 0 aromatic heterocycles. The zero-order valence-electron chi connectivity index (χ0n) is 11.9. The maximum atomic E-state index is 12.9. The van der Waals surface area contributed by atoms with Gasteiger partial charge in [0.1, 0.15) is 11.6 Å². The van der Waals surface area contributed by atoms with Crippen LogP contribution in [0.5, 0.6) is 5.75 Å². The molecule has 0 bridgehead atoms. The van der Waals surface area contributed by atoms with E-state index in [1.54, 1.807) is 31.0 Å². The molecule has 0 amide bonds. The molecule has 0 aliphatic rings. The highest BCUT2D eigenvalue weighted by Crippen LogP contribution is 2.23. The number of halogens is 1. The van der Waals surface area contributed by atoms with E-state index in [1.807, 2.05) is 24.3 Å². The summed E-state index contributed by atoms with van der Waals surface area (Å²) < 4.78 is 18.2. The normalized spacial score (nSPS) is 12.1. The molecule has 2 aromatic rings. The van der Waals surface area contributed by atoms with E-state index in [0.717, 1.165) is 28.4 Å². The van der Waals surface area contributed by atoms with Gasteiger partial charge in [-0.15, -0.1) is 11.8 Å². The minimum absolute atomic E-state index is 0.108. The second-order valence-corrected chi connectivity index (χ2v) is 5.74. The Labute approximate surface area is 128 Å². The Morgan fingerprint density at radius 3 is 2.57 bits per heavy atom. The smallest absolute Gasteiger partial charge is 0.123 e. The zero-order valence-corrected chi connectivity index (χ0v) is 12.7. The molecular weight excluding hydrogens is 287 g/mol. The molecule has 0 heterocycles. The first-order chi connectivity index (χ1) is 10.2. The SMILES string of the molecule is COc1ccccc1CC(CSc1ccc(F)cc1)NN. The van der Waals surface area contributed by atoms with Crippen molar-refractivity contribution in [3.05, 3.63) is 59.9 Å². The first-order valence-electron chi connectivity index (χ1n) is 6.69. The van der Waals surface area contributed by atoms with Crippen molar-refractivity contribution in [3.8, 4) is 5.75 Å². The van der Waals surface area contributed by atoms with Crippen molar-refractivity contribution in [1.29, 1.82) is 0 Å². The van der Waals surface area contributed by atoms with Crippen molar-refractivity contribution in [3.63, 3.8) is 0 Å². The first kappa shape index (κ1) is 15.8. The third-order valence-corrected chi connectivity index (χ3v) is 4.33. The van der Waals surface area contributed by atoms with Crippen molar-refractivity contribution in [2.45, 2.75) is 17.4 Å². The Morgan fingerprint density at radius 2 is 1.90 bits per heavy atom. The molecule has 3 N–H and O–H groups in total. The van der Waals surface area contributed by atoms with Crippen LogP contribution < -0.4 is 16.0 Å². The molecule has 0 aliphatic carbocycles. The number of ether oxygens (including phenoxy) is 1. The van der Waals surface area contributed by atoms with E-state index in [0.29, 0.717) is 0 Å². The van der Waals surface area contributed by atoms with Crippen LogP contribution >= 0.6 is 11.8 Å². The highest BCUT2D eigenvalue weighted by Gasteiger charge is 2.11. The van der Waals surface area contributed by atoms with Gasteiger partial charge in [0.15, 0.2) is 0 Å². The van der Waals surface area contributed by atoms with Gasteiger partial charge in [-0.3, -0.25) is 11.3 Å². The summed E-state index contributed by atoms with van der Waals surface area (Å²) in [6, 6.07) is 14.5. The molecule has 2 rings (SSSR count). The van der Waals surface area contributed by atoms with E-state index in [4.69, 9.17) is 10.6 Å². The average Bonchev–Trinajstić information content (AvgIpc) is 2.53. The predicted molar refractivity (Wildman–Crippen MR) is 84.9 cm³/mol. The molecule has 112 valence electrons. The number of hydrogen-bond acceptors (Lipinski definition) is 4. The van der Waals surface area contributed by atoms with Crippen LogP contribution in [0.2, 0.25) is 0 Å². The van der Waals surface area contributed by atoms with Crippen molar-refractivity contribution in [2.75, 3.05) is 12.9 Å². The van der Waals surface area contributed by atoms with E-state index in [-0.39, 0.29) is 11.9 Å². The van der Waals surface area contributed by atoms with Crippen LogP contribution in [0.4, 0.5) is 4.39 Å². The van der Waals surface area contributed by atoms with Crippen LogP contribution in [-0.2, 0) is 6.42 Å². The van der Waals surface area contributed by atoms with Crippen molar-refractivity contribution < 1.29 is 9.13 Å². The van der Waals surface area contributed by atoms with E-state index in [1.165, 1.54) is 12.1 Å². The number of thioether (sulfide) groups is 1. The Bertz CT molecular complexity index is 562. The van der Waals surface area contributed by atoms with Crippen LogP contribution in [0.25, 0.3) is 0 Å². The quantitative estimate of drug-likeness (QED) is 0.469. The molecule has 0 spiro atoms. The van der Waals surface area contributed by atoms with Crippen LogP contribution in [0.3, 0.4) is 0 Å². The molecule has 5 heteroatoms. The van der Waals surface area contributed by atoms with Gasteiger partial charge >= 0.3 is 0 Å². The Hall–Kier alpha value is -1.56. The van der Waals surface area contributed by atoms with Crippen LogP contribution in [-0.4, -0.2) is 18.9 Å². The number of nitrogens with one attached hydrogen (secondary N) is 1. The number of hydrogen-bond donors (Lipinski definition) is 2. The standard InChI is InChI=1S/C16H19FN2OS/c1-20-16-5-3-2-4-12(16)10-14(19-18)11-21-15-8-6-13(17)7-9-15/h2-9,14,19H,10-11,18H2,1H3. The molecule has 0 radical (unpaired) electrons. The third-order valence-electron chi connectivity index (χ3n) is 3.16. The molecule has 21 heavy (non-hydrogen) atoms. The van der Waals surface area contributed by atoms with Gasteiger partial charge in [-0.05, 0) is 42.3 Å². The molecule has 3 nitrogen and oxygen atoms in total. The molecule has 1 atom stereocenters. The van der Waals surface area contributed by atoms with Gasteiger partial charge in [-0.25, -0.2) is 4.39 Å². The fourth-order valence-electron chi connectivity index (χ4n) is 2.03. The summed E-state index contributed by atoms with van der Waals surface area (Å²) in [6.45, 7) is 0. The lowest BCUT2D eigenvalue weighted by molar-refractivity contribution is 0.406.